The zero-order valence-corrected chi connectivity index (χ0v) is 15.5. The summed E-state index contributed by atoms with van der Waals surface area (Å²) in [5.41, 5.74) is 2.19. The Morgan fingerprint density at radius 3 is 2.62 bits per heavy atom. The highest BCUT2D eigenvalue weighted by atomic mass is 32.2. The Kier molecular flexibility index (Phi) is 6.99. The lowest BCUT2D eigenvalue weighted by atomic mass is 10.1. The van der Waals surface area contributed by atoms with E-state index in [1.807, 2.05) is 37.3 Å². The third-order valence-electron chi connectivity index (χ3n) is 3.74. The van der Waals surface area contributed by atoms with Crippen LogP contribution in [0.1, 0.15) is 36.8 Å². The van der Waals surface area contributed by atoms with E-state index >= 15 is 0 Å². The molecule has 0 saturated carbocycles. The van der Waals surface area contributed by atoms with Gasteiger partial charge in [0.05, 0.1) is 12.0 Å². The van der Waals surface area contributed by atoms with Crippen LogP contribution in [0.2, 0.25) is 0 Å². The second-order valence-electron chi connectivity index (χ2n) is 5.63. The van der Waals surface area contributed by atoms with Crippen molar-refractivity contribution in [1.82, 2.24) is 4.90 Å². The van der Waals surface area contributed by atoms with Gasteiger partial charge in [-0.25, -0.2) is 0 Å². The summed E-state index contributed by atoms with van der Waals surface area (Å²) >= 11 is 6.67. The summed E-state index contributed by atoms with van der Waals surface area (Å²) in [6.45, 7) is 2.63. The van der Waals surface area contributed by atoms with Gasteiger partial charge in [-0.2, -0.15) is 0 Å². The normalized spacial score (nSPS) is 16.1. The minimum atomic E-state index is -0.193. The lowest BCUT2D eigenvalue weighted by molar-refractivity contribution is -0.140. The summed E-state index contributed by atoms with van der Waals surface area (Å²) in [7, 11) is 1.39. The van der Waals surface area contributed by atoms with Crippen molar-refractivity contribution >= 4 is 46.3 Å². The Hall–Kier alpha value is -1.66. The number of thiocarbonyl (C=S) groups is 1. The predicted octanol–water partition coefficient (Wildman–Crippen LogP) is 3.93. The van der Waals surface area contributed by atoms with Gasteiger partial charge in [0.2, 0.25) is 0 Å². The van der Waals surface area contributed by atoms with E-state index < -0.39 is 0 Å². The number of nitrogens with zero attached hydrogens (tertiary/aromatic N) is 1. The van der Waals surface area contributed by atoms with E-state index in [1.54, 1.807) is 4.90 Å². The Morgan fingerprint density at radius 1 is 1.25 bits per heavy atom. The molecule has 128 valence electrons. The minimum Gasteiger partial charge on any atom is -0.469 e. The SMILES string of the molecule is COC(=O)CCCCCN1C(=O)/C(=C/c2ccc(C)cc2)SC1=S. The molecule has 0 spiro atoms. The fraction of sp³-hybridized carbons (Fsp3) is 0.389. The largest absolute Gasteiger partial charge is 0.469 e. The van der Waals surface area contributed by atoms with Gasteiger partial charge in [0.1, 0.15) is 4.32 Å². The van der Waals surface area contributed by atoms with Crippen LogP contribution in [0.3, 0.4) is 0 Å². The Bertz CT molecular complexity index is 653. The third kappa shape index (κ3) is 5.18. The van der Waals surface area contributed by atoms with Crippen molar-refractivity contribution in [3.63, 3.8) is 0 Å². The van der Waals surface area contributed by atoms with E-state index in [9.17, 15) is 9.59 Å². The van der Waals surface area contributed by atoms with Crippen molar-refractivity contribution in [2.45, 2.75) is 32.6 Å². The van der Waals surface area contributed by atoms with E-state index in [4.69, 9.17) is 12.2 Å². The minimum absolute atomic E-state index is 0.0291. The molecule has 4 nitrogen and oxygen atoms in total. The molecule has 1 amide bonds. The molecule has 1 fully saturated rings. The first-order valence-corrected chi connectivity index (χ1v) is 9.12. The second-order valence-corrected chi connectivity index (χ2v) is 7.31. The van der Waals surface area contributed by atoms with Gasteiger partial charge >= 0.3 is 5.97 Å². The van der Waals surface area contributed by atoms with Crippen LogP contribution >= 0.6 is 24.0 Å². The molecule has 1 aliphatic heterocycles. The average molecular weight is 364 g/mol. The molecule has 2 rings (SSSR count). The van der Waals surface area contributed by atoms with Crippen LogP contribution in [0.4, 0.5) is 0 Å². The summed E-state index contributed by atoms with van der Waals surface area (Å²) < 4.78 is 5.21. The number of esters is 1. The topological polar surface area (TPSA) is 46.6 Å². The number of methoxy groups -OCH3 is 1. The number of carbonyl (C=O) groups is 2. The maximum atomic E-state index is 12.5. The quantitative estimate of drug-likeness (QED) is 0.318. The van der Waals surface area contributed by atoms with Gasteiger partial charge in [0.25, 0.3) is 5.91 Å². The standard InChI is InChI=1S/C18H21NO3S2/c1-13-7-9-14(10-8-13)12-15-17(21)19(18(23)24-15)11-5-3-4-6-16(20)22-2/h7-10,12H,3-6,11H2,1-2H3/b15-12-. The summed E-state index contributed by atoms with van der Waals surface area (Å²) in [5.74, 6) is -0.222. The zero-order chi connectivity index (χ0) is 17.5. The number of amides is 1. The number of benzene rings is 1. The molecule has 1 aromatic rings. The molecule has 0 bridgehead atoms. The highest BCUT2D eigenvalue weighted by Gasteiger charge is 2.31. The molecule has 0 N–H and O–H groups in total. The number of aryl methyl sites for hydroxylation is 1. The van der Waals surface area contributed by atoms with Gasteiger partial charge in [-0.15, -0.1) is 0 Å². The van der Waals surface area contributed by atoms with Crippen LogP contribution < -0.4 is 0 Å². The van der Waals surface area contributed by atoms with Crippen molar-refractivity contribution in [3.8, 4) is 0 Å². The highest BCUT2D eigenvalue weighted by molar-refractivity contribution is 8.26. The first-order valence-electron chi connectivity index (χ1n) is 7.90. The van der Waals surface area contributed by atoms with E-state index in [0.29, 0.717) is 22.2 Å². The van der Waals surface area contributed by atoms with E-state index in [-0.39, 0.29) is 11.9 Å². The average Bonchev–Trinajstić information content (AvgIpc) is 2.83. The lowest BCUT2D eigenvalue weighted by Crippen LogP contribution is -2.29. The number of thioether (sulfide) groups is 1. The molecule has 0 aromatic heterocycles. The van der Waals surface area contributed by atoms with Crippen molar-refractivity contribution in [3.05, 3.63) is 40.3 Å². The summed E-state index contributed by atoms with van der Waals surface area (Å²) in [6, 6.07) is 8.03. The molecule has 0 aliphatic carbocycles. The van der Waals surface area contributed by atoms with Gasteiger partial charge in [-0.05, 0) is 31.4 Å². The van der Waals surface area contributed by atoms with Crippen molar-refractivity contribution in [1.29, 1.82) is 0 Å². The summed E-state index contributed by atoms with van der Waals surface area (Å²) in [4.78, 5) is 25.9. The summed E-state index contributed by atoms with van der Waals surface area (Å²) in [5, 5.41) is 0. The van der Waals surface area contributed by atoms with E-state index in [2.05, 4.69) is 4.74 Å². The molecular formula is C18H21NO3S2. The Morgan fingerprint density at radius 2 is 1.96 bits per heavy atom. The molecule has 0 atom stereocenters. The zero-order valence-electron chi connectivity index (χ0n) is 13.9. The monoisotopic (exact) mass is 363 g/mol. The van der Waals surface area contributed by atoms with Crippen LogP contribution in [0, 0.1) is 6.92 Å². The van der Waals surface area contributed by atoms with Crippen LogP contribution in [0.5, 0.6) is 0 Å². The number of rotatable bonds is 7. The fourth-order valence-electron chi connectivity index (χ4n) is 2.32. The van der Waals surface area contributed by atoms with Gasteiger partial charge < -0.3 is 4.74 Å². The van der Waals surface area contributed by atoms with Crippen LogP contribution in [-0.2, 0) is 14.3 Å². The number of hydrogen-bond donors (Lipinski definition) is 0. The Balaban J connectivity index is 1.87. The third-order valence-corrected chi connectivity index (χ3v) is 5.12. The molecular weight excluding hydrogens is 342 g/mol. The number of unbranched alkanes of at least 4 members (excludes halogenated alkanes) is 2. The molecule has 1 heterocycles. The molecule has 1 aromatic carbocycles. The van der Waals surface area contributed by atoms with Gasteiger partial charge in [-0.3, -0.25) is 14.5 Å². The van der Waals surface area contributed by atoms with Gasteiger partial charge in [0.15, 0.2) is 0 Å². The fourth-order valence-corrected chi connectivity index (χ4v) is 3.63. The maximum absolute atomic E-state index is 12.5. The molecule has 0 radical (unpaired) electrons. The highest BCUT2D eigenvalue weighted by Crippen LogP contribution is 2.32. The molecule has 1 saturated heterocycles. The predicted molar refractivity (Wildman–Crippen MR) is 102 cm³/mol. The van der Waals surface area contributed by atoms with Crippen LogP contribution in [0.15, 0.2) is 29.2 Å². The van der Waals surface area contributed by atoms with E-state index in [1.165, 1.54) is 24.4 Å². The first-order chi connectivity index (χ1) is 11.5. The molecule has 1 aliphatic rings. The molecule has 0 unspecified atom stereocenters. The van der Waals surface area contributed by atoms with Crippen molar-refractivity contribution in [2.75, 3.05) is 13.7 Å². The van der Waals surface area contributed by atoms with Gasteiger partial charge in [0, 0.05) is 13.0 Å². The van der Waals surface area contributed by atoms with Gasteiger partial charge in [-0.1, -0.05) is 60.2 Å². The number of hydrogen-bond acceptors (Lipinski definition) is 5. The smallest absolute Gasteiger partial charge is 0.305 e. The number of carbonyl (C=O) groups excluding carboxylic acids is 2. The van der Waals surface area contributed by atoms with Crippen LogP contribution in [0.25, 0.3) is 6.08 Å². The van der Waals surface area contributed by atoms with E-state index in [0.717, 1.165) is 24.8 Å². The molecule has 24 heavy (non-hydrogen) atoms. The molecule has 6 heteroatoms. The maximum Gasteiger partial charge on any atom is 0.305 e. The summed E-state index contributed by atoms with van der Waals surface area (Å²) in [6.07, 6.45) is 4.75. The van der Waals surface area contributed by atoms with Crippen LogP contribution in [-0.4, -0.2) is 34.8 Å². The lowest BCUT2D eigenvalue weighted by Gasteiger charge is -2.13. The first kappa shape index (κ1) is 18.7. The Labute approximate surface area is 152 Å². The van der Waals surface area contributed by atoms with Crippen molar-refractivity contribution < 1.29 is 14.3 Å². The second kappa shape index (κ2) is 8.99. The number of ether oxygens (including phenoxy) is 1. The van der Waals surface area contributed by atoms with Crippen molar-refractivity contribution in [2.24, 2.45) is 0 Å².